The minimum Gasteiger partial charge on any atom is -0.321 e. The first-order valence-corrected chi connectivity index (χ1v) is 8.55. The van der Waals surface area contributed by atoms with E-state index in [2.05, 4.69) is 21.2 Å². The summed E-state index contributed by atoms with van der Waals surface area (Å²) in [4.78, 5) is 13.5. The van der Waals surface area contributed by atoms with Crippen molar-refractivity contribution in [2.24, 2.45) is 0 Å². The molecular formula is C18H19BrFN2O+. The van der Waals surface area contributed by atoms with Gasteiger partial charge < -0.3 is 10.2 Å². The van der Waals surface area contributed by atoms with Crippen LogP contribution < -0.4 is 10.2 Å². The van der Waals surface area contributed by atoms with Crippen LogP contribution in [-0.4, -0.2) is 18.5 Å². The molecule has 0 saturated heterocycles. The monoisotopic (exact) mass is 377 g/mol. The number of hydrogen-bond acceptors (Lipinski definition) is 1. The summed E-state index contributed by atoms with van der Waals surface area (Å²) in [6, 6.07) is 14.8. The van der Waals surface area contributed by atoms with Crippen LogP contribution in [0.2, 0.25) is 0 Å². The van der Waals surface area contributed by atoms with Crippen molar-refractivity contribution in [1.82, 2.24) is 0 Å². The number of carbonyl (C=O) groups is 1. The lowest BCUT2D eigenvalue weighted by Gasteiger charge is -2.19. The van der Waals surface area contributed by atoms with Crippen LogP contribution in [0.3, 0.4) is 0 Å². The topological polar surface area (TPSA) is 33.5 Å². The van der Waals surface area contributed by atoms with Gasteiger partial charge in [0, 0.05) is 22.9 Å². The third kappa shape index (κ3) is 4.39. The van der Waals surface area contributed by atoms with Gasteiger partial charge in [0.25, 0.3) is 5.91 Å². The van der Waals surface area contributed by atoms with Gasteiger partial charge in [-0.25, -0.2) is 4.39 Å². The maximum atomic E-state index is 13.9. The summed E-state index contributed by atoms with van der Waals surface area (Å²) in [5.41, 5.74) is 1.43. The molecular weight excluding hydrogens is 359 g/mol. The second-order valence-electron chi connectivity index (χ2n) is 5.91. The molecule has 0 spiro atoms. The first kappa shape index (κ1) is 16.1. The van der Waals surface area contributed by atoms with Gasteiger partial charge in [0.15, 0.2) is 6.54 Å². The smallest absolute Gasteiger partial charge is 0.279 e. The molecule has 0 heterocycles. The van der Waals surface area contributed by atoms with Crippen LogP contribution in [0.5, 0.6) is 0 Å². The SMILES string of the molecule is O=C(C[NH+](Cc1ccccc1F)C1CC1)Nc1ccccc1Br. The van der Waals surface area contributed by atoms with Gasteiger partial charge in [-0.15, -0.1) is 0 Å². The van der Waals surface area contributed by atoms with E-state index in [-0.39, 0.29) is 11.7 Å². The Labute approximate surface area is 143 Å². The minimum atomic E-state index is -0.197. The molecule has 120 valence electrons. The maximum absolute atomic E-state index is 13.9. The molecule has 5 heteroatoms. The molecule has 3 nitrogen and oxygen atoms in total. The van der Waals surface area contributed by atoms with Crippen LogP contribution in [-0.2, 0) is 11.3 Å². The number of halogens is 2. The van der Waals surface area contributed by atoms with Gasteiger partial charge in [-0.3, -0.25) is 4.79 Å². The van der Waals surface area contributed by atoms with E-state index in [9.17, 15) is 9.18 Å². The van der Waals surface area contributed by atoms with E-state index in [1.54, 1.807) is 12.1 Å². The van der Waals surface area contributed by atoms with E-state index in [0.29, 0.717) is 24.7 Å². The summed E-state index contributed by atoms with van der Waals surface area (Å²) in [5.74, 6) is -0.244. The summed E-state index contributed by atoms with van der Waals surface area (Å²) in [6.07, 6.45) is 2.21. The molecule has 1 aliphatic carbocycles. The molecule has 2 aromatic rings. The Morgan fingerprint density at radius 3 is 2.57 bits per heavy atom. The Kier molecular flexibility index (Phi) is 5.08. The molecule has 0 aromatic heterocycles. The van der Waals surface area contributed by atoms with Gasteiger partial charge in [-0.05, 0) is 34.1 Å². The van der Waals surface area contributed by atoms with Gasteiger partial charge in [-0.2, -0.15) is 0 Å². The first-order valence-electron chi connectivity index (χ1n) is 7.76. The van der Waals surface area contributed by atoms with Crippen LogP contribution in [0.4, 0.5) is 10.1 Å². The Morgan fingerprint density at radius 1 is 1.17 bits per heavy atom. The van der Waals surface area contributed by atoms with Crippen molar-refractivity contribution in [3.8, 4) is 0 Å². The lowest BCUT2D eigenvalue weighted by Crippen LogP contribution is -3.13. The molecule has 0 radical (unpaired) electrons. The number of anilines is 1. The van der Waals surface area contributed by atoms with Gasteiger partial charge >= 0.3 is 0 Å². The van der Waals surface area contributed by atoms with Gasteiger partial charge in [0.1, 0.15) is 12.4 Å². The number of nitrogens with one attached hydrogen (secondary N) is 2. The molecule has 2 aromatic carbocycles. The van der Waals surface area contributed by atoms with E-state index in [1.807, 2.05) is 30.3 Å². The molecule has 3 rings (SSSR count). The third-order valence-electron chi connectivity index (χ3n) is 4.07. The summed E-state index contributed by atoms with van der Waals surface area (Å²) >= 11 is 3.42. The highest BCUT2D eigenvalue weighted by Gasteiger charge is 2.35. The van der Waals surface area contributed by atoms with Crippen molar-refractivity contribution in [1.29, 1.82) is 0 Å². The van der Waals surface area contributed by atoms with Gasteiger partial charge in [0.2, 0.25) is 0 Å². The van der Waals surface area contributed by atoms with Crippen LogP contribution in [0.25, 0.3) is 0 Å². The number of hydrogen-bond donors (Lipinski definition) is 2. The second kappa shape index (κ2) is 7.23. The van der Waals surface area contributed by atoms with Crippen molar-refractivity contribution < 1.29 is 14.1 Å². The van der Waals surface area contributed by atoms with Gasteiger partial charge in [-0.1, -0.05) is 30.3 Å². The Balaban J connectivity index is 1.65. The number of amides is 1. The molecule has 1 saturated carbocycles. The fourth-order valence-electron chi connectivity index (χ4n) is 2.69. The van der Waals surface area contributed by atoms with Crippen LogP contribution in [0, 0.1) is 5.82 Å². The molecule has 1 fully saturated rings. The van der Waals surface area contributed by atoms with E-state index in [0.717, 1.165) is 27.9 Å². The minimum absolute atomic E-state index is 0.0462. The Hall–Kier alpha value is -1.72. The zero-order chi connectivity index (χ0) is 16.2. The van der Waals surface area contributed by atoms with E-state index >= 15 is 0 Å². The highest BCUT2D eigenvalue weighted by molar-refractivity contribution is 9.10. The van der Waals surface area contributed by atoms with Crippen LogP contribution in [0.15, 0.2) is 53.0 Å². The standard InChI is InChI=1S/C18H18BrFN2O/c19-15-6-2-4-8-17(15)21-18(23)12-22(14-9-10-14)11-13-5-1-3-7-16(13)20/h1-8,14H,9-12H2,(H,21,23)/p+1. The van der Waals surface area contributed by atoms with Crippen molar-refractivity contribution >= 4 is 27.5 Å². The summed E-state index contributed by atoms with van der Waals surface area (Å²) < 4.78 is 14.7. The van der Waals surface area contributed by atoms with Crippen LogP contribution in [0.1, 0.15) is 18.4 Å². The Bertz CT molecular complexity index is 703. The fraction of sp³-hybridized carbons (Fsp3) is 0.278. The number of rotatable bonds is 6. The molecule has 2 N–H and O–H groups in total. The fourth-order valence-corrected chi connectivity index (χ4v) is 3.08. The molecule has 0 bridgehead atoms. The normalized spacial score (nSPS) is 15.2. The molecule has 0 aliphatic heterocycles. The quantitative estimate of drug-likeness (QED) is 0.797. The van der Waals surface area contributed by atoms with Crippen molar-refractivity contribution in [2.45, 2.75) is 25.4 Å². The predicted octanol–water partition coefficient (Wildman–Crippen LogP) is 2.77. The van der Waals surface area contributed by atoms with E-state index < -0.39 is 0 Å². The van der Waals surface area contributed by atoms with E-state index in [4.69, 9.17) is 0 Å². The number of para-hydroxylation sites is 1. The number of quaternary nitrogens is 1. The van der Waals surface area contributed by atoms with E-state index in [1.165, 1.54) is 6.07 Å². The third-order valence-corrected chi connectivity index (χ3v) is 4.76. The lowest BCUT2D eigenvalue weighted by atomic mass is 10.2. The average Bonchev–Trinajstić information content (AvgIpc) is 3.36. The highest BCUT2D eigenvalue weighted by atomic mass is 79.9. The van der Waals surface area contributed by atoms with Gasteiger partial charge in [0.05, 0.1) is 11.7 Å². The van der Waals surface area contributed by atoms with Crippen molar-refractivity contribution in [2.75, 3.05) is 11.9 Å². The first-order chi connectivity index (χ1) is 11.1. The maximum Gasteiger partial charge on any atom is 0.279 e. The molecule has 1 amide bonds. The van der Waals surface area contributed by atoms with Crippen molar-refractivity contribution in [3.63, 3.8) is 0 Å². The lowest BCUT2D eigenvalue weighted by molar-refractivity contribution is -0.917. The second-order valence-corrected chi connectivity index (χ2v) is 6.76. The molecule has 23 heavy (non-hydrogen) atoms. The zero-order valence-electron chi connectivity index (χ0n) is 12.7. The largest absolute Gasteiger partial charge is 0.321 e. The summed E-state index contributed by atoms with van der Waals surface area (Å²) in [6.45, 7) is 0.890. The summed E-state index contributed by atoms with van der Waals surface area (Å²) in [7, 11) is 0. The van der Waals surface area contributed by atoms with Crippen LogP contribution >= 0.6 is 15.9 Å². The summed E-state index contributed by atoms with van der Waals surface area (Å²) in [5, 5.41) is 2.92. The zero-order valence-corrected chi connectivity index (χ0v) is 14.3. The molecule has 1 unspecified atom stereocenters. The molecule has 1 aliphatic rings. The highest BCUT2D eigenvalue weighted by Crippen LogP contribution is 2.21. The number of benzene rings is 2. The predicted molar refractivity (Wildman–Crippen MR) is 91.7 cm³/mol. The molecule has 1 atom stereocenters. The van der Waals surface area contributed by atoms with Crippen molar-refractivity contribution in [3.05, 3.63) is 64.4 Å². The Morgan fingerprint density at radius 2 is 1.87 bits per heavy atom. The number of carbonyl (C=O) groups excluding carboxylic acids is 1. The average molecular weight is 378 g/mol.